The Hall–Kier alpha value is -2.84. The molecular weight excluding hydrogens is 461 g/mol. The highest BCUT2D eigenvalue weighted by atomic mass is 35.5. The average Bonchev–Trinajstić information content (AvgIpc) is 2.91. The lowest BCUT2D eigenvalue weighted by Crippen LogP contribution is -2.40. The van der Waals surface area contributed by atoms with Gasteiger partial charge in [0.05, 0.1) is 23.0 Å². The maximum Gasteiger partial charge on any atom is 0.334 e. The van der Waals surface area contributed by atoms with Gasteiger partial charge in [0, 0.05) is 54.2 Å². The number of aromatic nitrogens is 1. The molecule has 0 aliphatic carbocycles. The van der Waals surface area contributed by atoms with E-state index >= 15 is 0 Å². The van der Waals surface area contributed by atoms with Crippen molar-refractivity contribution in [3.63, 3.8) is 0 Å². The number of hydrogen-bond acceptors (Lipinski definition) is 5. The van der Waals surface area contributed by atoms with Crippen LogP contribution in [-0.2, 0) is 0 Å². The van der Waals surface area contributed by atoms with Gasteiger partial charge in [0.2, 0.25) is 0 Å². The van der Waals surface area contributed by atoms with E-state index in [1.807, 2.05) is 43.3 Å². The second-order valence-electron chi connectivity index (χ2n) is 7.50. The normalized spacial score (nSPS) is 12.9. The van der Waals surface area contributed by atoms with E-state index in [1.54, 1.807) is 28.1 Å². The fourth-order valence-corrected chi connectivity index (χ4v) is 4.16. The van der Waals surface area contributed by atoms with E-state index in [0.717, 1.165) is 23.4 Å². The number of fused-ring (bicyclic) bond motifs is 3. The summed E-state index contributed by atoms with van der Waals surface area (Å²) in [6.45, 7) is 4.49. The van der Waals surface area contributed by atoms with E-state index < -0.39 is 0 Å². The highest BCUT2D eigenvalue weighted by Crippen LogP contribution is 2.44. The molecule has 1 aliphatic rings. The number of halogens is 2. The summed E-state index contributed by atoms with van der Waals surface area (Å²) in [6.07, 6.45) is 1.55. The van der Waals surface area contributed by atoms with Gasteiger partial charge in [0.1, 0.15) is 5.82 Å². The van der Waals surface area contributed by atoms with E-state index in [-0.39, 0.29) is 12.6 Å². The molecule has 4 rings (SSSR count). The minimum atomic E-state index is -0.219. The quantitative estimate of drug-likeness (QED) is 0.384. The number of aliphatic hydroxyl groups excluding tert-OH is 1. The molecule has 0 atom stereocenters. The smallest absolute Gasteiger partial charge is 0.334 e. The molecule has 2 heterocycles. The number of urea groups is 1. The van der Waals surface area contributed by atoms with Crippen molar-refractivity contribution in [2.75, 3.05) is 47.9 Å². The molecule has 9 heteroatoms. The molecule has 1 aromatic heterocycles. The van der Waals surface area contributed by atoms with Gasteiger partial charge in [-0.05, 0) is 49.4 Å². The fourth-order valence-electron chi connectivity index (χ4n) is 3.84. The van der Waals surface area contributed by atoms with E-state index in [2.05, 4.69) is 15.6 Å². The molecule has 0 fully saturated rings. The first kappa shape index (κ1) is 23.3. The third-order valence-corrected chi connectivity index (χ3v) is 5.81. The van der Waals surface area contributed by atoms with Crippen LogP contribution in [0.15, 0.2) is 54.7 Å². The van der Waals surface area contributed by atoms with Gasteiger partial charge in [-0.15, -0.1) is 0 Å². The molecule has 33 heavy (non-hydrogen) atoms. The Labute approximate surface area is 202 Å². The maximum absolute atomic E-state index is 13.7. The highest BCUT2D eigenvalue weighted by Gasteiger charge is 2.33. The molecule has 0 bridgehead atoms. The van der Waals surface area contributed by atoms with E-state index in [0.29, 0.717) is 46.9 Å². The predicted octanol–water partition coefficient (Wildman–Crippen LogP) is 5.15. The lowest BCUT2D eigenvalue weighted by Gasteiger charge is -2.28. The Kier molecular flexibility index (Phi) is 7.35. The van der Waals surface area contributed by atoms with Crippen LogP contribution in [0.3, 0.4) is 0 Å². The van der Waals surface area contributed by atoms with Crippen LogP contribution in [0.5, 0.6) is 0 Å². The number of amides is 2. The van der Waals surface area contributed by atoms with Crippen molar-refractivity contribution in [2.24, 2.45) is 0 Å². The molecule has 2 amide bonds. The second kappa shape index (κ2) is 10.4. The Balaban J connectivity index is 1.72. The summed E-state index contributed by atoms with van der Waals surface area (Å²) in [4.78, 5) is 21.5. The number of benzene rings is 2. The standard InChI is InChI=1S/C24H25Cl2N5O2/c1-2-30-23-21(13-17(26)15-29-23)20-8-3-16(25)14-22(20)31(24(30)33)19-6-4-18(5-7-19)28-10-9-27-11-12-32/h3-8,13-15,27-28,32H,2,9-12H2,1H3. The van der Waals surface area contributed by atoms with Crippen LogP contribution < -0.4 is 20.4 Å². The molecular formula is C24H25Cl2N5O2. The van der Waals surface area contributed by atoms with Crippen molar-refractivity contribution in [1.82, 2.24) is 10.3 Å². The zero-order chi connectivity index (χ0) is 23.4. The summed E-state index contributed by atoms with van der Waals surface area (Å²) in [5.41, 5.74) is 3.92. The van der Waals surface area contributed by atoms with Crippen LogP contribution in [0.4, 0.5) is 27.7 Å². The summed E-state index contributed by atoms with van der Waals surface area (Å²) in [5, 5.41) is 16.3. The van der Waals surface area contributed by atoms with Crippen LogP contribution in [0.1, 0.15) is 6.92 Å². The molecule has 0 spiro atoms. The summed E-state index contributed by atoms with van der Waals surface area (Å²) < 4.78 is 0. The van der Waals surface area contributed by atoms with Gasteiger partial charge in [-0.3, -0.25) is 9.80 Å². The molecule has 0 saturated heterocycles. The molecule has 0 saturated carbocycles. The number of nitrogens with one attached hydrogen (secondary N) is 2. The van der Waals surface area contributed by atoms with Gasteiger partial charge < -0.3 is 15.7 Å². The van der Waals surface area contributed by atoms with Gasteiger partial charge in [0.15, 0.2) is 0 Å². The Morgan fingerprint density at radius 1 is 0.970 bits per heavy atom. The zero-order valence-electron chi connectivity index (χ0n) is 18.2. The largest absolute Gasteiger partial charge is 0.395 e. The van der Waals surface area contributed by atoms with Crippen molar-refractivity contribution < 1.29 is 9.90 Å². The SMILES string of the molecule is CCN1C(=O)N(c2ccc(NCCNCCO)cc2)c2cc(Cl)ccc2-c2cc(Cl)cnc21. The minimum Gasteiger partial charge on any atom is -0.395 e. The molecule has 7 nitrogen and oxygen atoms in total. The molecule has 3 aromatic rings. The lowest BCUT2D eigenvalue weighted by molar-refractivity contribution is 0.254. The first-order valence-corrected chi connectivity index (χ1v) is 11.5. The Morgan fingerprint density at radius 2 is 1.76 bits per heavy atom. The summed E-state index contributed by atoms with van der Waals surface area (Å²) in [5.74, 6) is 0.562. The molecule has 0 unspecified atom stereocenters. The van der Waals surface area contributed by atoms with Gasteiger partial charge in [0.25, 0.3) is 0 Å². The molecule has 1 aliphatic heterocycles. The number of carbonyl (C=O) groups excluding carboxylic acids is 1. The number of pyridine rings is 1. The topological polar surface area (TPSA) is 80.7 Å². The van der Waals surface area contributed by atoms with Crippen molar-refractivity contribution in [2.45, 2.75) is 6.92 Å². The van der Waals surface area contributed by atoms with Crippen LogP contribution in [0.25, 0.3) is 11.1 Å². The number of carbonyl (C=O) groups is 1. The van der Waals surface area contributed by atoms with Crippen molar-refractivity contribution >= 4 is 52.1 Å². The highest BCUT2D eigenvalue weighted by molar-refractivity contribution is 6.32. The summed E-state index contributed by atoms with van der Waals surface area (Å²) in [6, 6.07) is 14.8. The van der Waals surface area contributed by atoms with Gasteiger partial charge in [-0.1, -0.05) is 29.3 Å². The van der Waals surface area contributed by atoms with Crippen molar-refractivity contribution in [3.05, 3.63) is 64.8 Å². The third-order valence-electron chi connectivity index (χ3n) is 5.36. The Morgan fingerprint density at radius 3 is 2.48 bits per heavy atom. The van der Waals surface area contributed by atoms with Crippen LogP contribution in [-0.4, -0.2) is 48.9 Å². The third kappa shape index (κ3) is 4.91. The van der Waals surface area contributed by atoms with Crippen molar-refractivity contribution in [1.29, 1.82) is 0 Å². The van der Waals surface area contributed by atoms with Gasteiger partial charge in [-0.2, -0.15) is 0 Å². The lowest BCUT2D eigenvalue weighted by atomic mass is 10.0. The summed E-state index contributed by atoms with van der Waals surface area (Å²) in [7, 11) is 0. The number of aliphatic hydroxyl groups is 1. The molecule has 3 N–H and O–H groups in total. The van der Waals surface area contributed by atoms with Gasteiger partial charge in [-0.25, -0.2) is 9.78 Å². The number of rotatable bonds is 8. The van der Waals surface area contributed by atoms with Crippen LogP contribution in [0.2, 0.25) is 10.0 Å². The Bertz CT molecular complexity index is 1140. The maximum atomic E-state index is 13.7. The average molecular weight is 486 g/mol. The monoisotopic (exact) mass is 485 g/mol. The number of nitrogens with zero attached hydrogens (tertiary/aromatic N) is 3. The van der Waals surface area contributed by atoms with Crippen molar-refractivity contribution in [3.8, 4) is 11.1 Å². The van der Waals surface area contributed by atoms with Gasteiger partial charge >= 0.3 is 6.03 Å². The van der Waals surface area contributed by atoms with E-state index in [4.69, 9.17) is 28.3 Å². The van der Waals surface area contributed by atoms with E-state index in [9.17, 15) is 4.79 Å². The van der Waals surface area contributed by atoms with E-state index in [1.165, 1.54) is 0 Å². The summed E-state index contributed by atoms with van der Waals surface area (Å²) >= 11 is 12.6. The zero-order valence-corrected chi connectivity index (χ0v) is 19.7. The number of hydrogen-bond donors (Lipinski definition) is 3. The van der Waals surface area contributed by atoms with Crippen LogP contribution in [0, 0.1) is 0 Å². The first-order valence-electron chi connectivity index (χ1n) is 10.8. The second-order valence-corrected chi connectivity index (χ2v) is 8.37. The number of anilines is 4. The fraction of sp³-hybridized carbons (Fsp3) is 0.250. The minimum absolute atomic E-state index is 0.115. The molecule has 2 aromatic carbocycles. The molecule has 172 valence electrons. The molecule has 0 radical (unpaired) electrons. The van der Waals surface area contributed by atoms with Crippen LogP contribution >= 0.6 is 23.2 Å². The predicted molar refractivity (Wildman–Crippen MR) is 135 cm³/mol. The first-order chi connectivity index (χ1) is 16.0.